The lowest BCUT2D eigenvalue weighted by Gasteiger charge is -2.27. The van der Waals surface area contributed by atoms with Crippen molar-refractivity contribution in [1.29, 1.82) is 0 Å². The van der Waals surface area contributed by atoms with Gasteiger partial charge in [0, 0.05) is 17.1 Å². The average Bonchev–Trinajstić information content (AvgIpc) is 3.01. The predicted octanol–water partition coefficient (Wildman–Crippen LogP) is 4.85. The molecule has 2 N–H and O–H groups in total. The second-order valence-corrected chi connectivity index (χ2v) is 14.6. The van der Waals surface area contributed by atoms with Crippen LogP contribution < -0.4 is 10.6 Å². The van der Waals surface area contributed by atoms with Crippen molar-refractivity contribution in [1.82, 2.24) is 15.1 Å². The van der Waals surface area contributed by atoms with Crippen LogP contribution in [0.15, 0.2) is 28.7 Å². The van der Waals surface area contributed by atoms with Gasteiger partial charge in [-0.05, 0) is 53.1 Å². The second kappa shape index (κ2) is 7.84. The summed E-state index contributed by atoms with van der Waals surface area (Å²) in [5.41, 5.74) is 2.10. The zero-order valence-corrected chi connectivity index (χ0v) is 18.6. The van der Waals surface area contributed by atoms with Gasteiger partial charge < -0.3 is 10.6 Å². The van der Waals surface area contributed by atoms with Crippen molar-refractivity contribution in [3.63, 3.8) is 0 Å². The van der Waals surface area contributed by atoms with E-state index in [1.807, 2.05) is 22.9 Å². The first-order chi connectivity index (χ1) is 12.2. The molecule has 26 heavy (non-hydrogen) atoms. The number of carbonyl (C=O) groups is 1. The largest absolute Gasteiger partial charge is 0.319 e. The van der Waals surface area contributed by atoms with E-state index in [1.165, 1.54) is 0 Å². The third-order valence-corrected chi connectivity index (χ3v) is 6.90. The zero-order valence-electron chi connectivity index (χ0n) is 15.3. The monoisotopic (exact) mass is 454 g/mol. The zero-order chi connectivity index (χ0) is 18.9. The van der Waals surface area contributed by atoms with Gasteiger partial charge in [-0.25, -0.2) is 0 Å². The van der Waals surface area contributed by atoms with Gasteiger partial charge in [-0.3, -0.25) is 9.48 Å². The Morgan fingerprint density at radius 3 is 2.92 bits per heavy atom. The van der Waals surface area contributed by atoms with Crippen LogP contribution in [-0.4, -0.2) is 29.9 Å². The first kappa shape index (κ1) is 19.6. The topological polar surface area (TPSA) is 59.0 Å². The van der Waals surface area contributed by atoms with Crippen molar-refractivity contribution in [3.8, 4) is 0 Å². The van der Waals surface area contributed by atoms with Crippen LogP contribution in [0.1, 0.15) is 35.1 Å². The smallest absolute Gasteiger partial charge is 0.276 e. The second-order valence-electron chi connectivity index (χ2n) is 7.87. The first-order valence-electron chi connectivity index (χ1n) is 8.81. The molecule has 8 heteroatoms. The van der Waals surface area contributed by atoms with Gasteiger partial charge in [-0.15, -0.1) is 0 Å². The van der Waals surface area contributed by atoms with Gasteiger partial charge >= 0.3 is 0 Å². The molecule has 1 aliphatic rings. The summed E-state index contributed by atoms with van der Waals surface area (Å²) in [6, 6.07) is 7.61. The molecule has 0 aliphatic carbocycles. The molecule has 0 bridgehead atoms. The molecule has 2 aromatic rings. The van der Waals surface area contributed by atoms with Gasteiger partial charge in [0.25, 0.3) is 5.91 Å². The summed E-state index contributed by atoms with van der Waals surface area (Å²) in [5.74, 6) is -0.240. The maximum Gasteiger partial charge on any atom is 0.276 e. The Bertz CT molecular complexity index is 818. The predicted molar refractivity (Wildman–Crippen MR) is 113 cm³/mol. The molecule has 1 aromatic carbocycles. The van der Waals surface area contributed by atoms with Crippen LogP contribution in [0.25, 0.3) is 0 Å². The Morgan fingerprint density at radius 1 is 1.42 bits per heavy atom. The Morgan fingerprint density at radius 2 is 2.19 bits per heavy atom. The van der Waals surface area contributed by atoms with Crippen LogP contribution in [0.3, 0.4) is 0 Å². The van der Waals surface area contributed by atoms with E-state index in [9.17, 15) is 4.79 Å². The average molecular weight is 456 g/mol. The van der Waals surface area contributed by atoms with E-state index in [2.05, 4.69) is 51.3 Å². The molecule has 1 unspecified atom stereocenters. The number of aryl methyl sites for hydroxylation is 1. The summed E-state index contributed by atoms with van der Waals surface area (Å²) in [5, 5.41) is 11.5. The lowest BCUT2D eigenvalue weighted by molar-refractivity contribution is 0.102. The molecular weight excluding hydrogens is 432 g/mol. The Balaban J connectivity index is 1.77. The van der Waals surface area contributed by atoms with Gasteiger partial charge in [0.05, 0.1) is 24.5 Å². The molecule has 140 valence electrons. The van der Waals surface area contributed by atoms with Crippen LogP contribution in [-0.2, 0) is 6.54 Å². The third kappa shape index (κ3) is 4.57. The number of fused-ring (bicyclic) bond motifs is 1. The summed E-state index contributed by atoms with van der Waals surface area (Å²) < 4.78 is 2.71. The summed E-state index contributed by atoms with van der Waals surface area (Å²) in [4.78, 5) is 12.6. The maximum absolute atomic E-state index is 12.6. The Kier molecular flexibility index (Phi) is 5.91. The third-order valence-electron chi connectivity index (χ3n) is 4.34. The SMILES string of the molecule is C[Si](C)(C)CNC1CCCn2nc(C(=O)Nc3cccc(Br)c3Cl)cc21. The van der Waals surface area contributed by atoms with Crippen LogP contribution >= 0.6 is 27.5 Å². The van der Waals surface area contributed by atoms with E-state index >= 15 is 0 Å². The van der Waals surface area contributed by atoms with Gasteiger partial charge in [0.1, 0.15) is 0 Å². The van der Waals surface area contributed by atoms with Crippen molar-refractivity contribution < 1.29 is 4.79 Å². The van der Waals surface area contributed by atoms with Crippen molar-refractivity contribution in [3.05, 3.63) is 45.1 Å². The molecule has 0 radical (unpaired) electrons. The van der Waals surface area contributed by atoms with Crippen LogP contribution in [0.5, 0.6) is 0 Å². The van der Waals surface area contributed by atoms with Crippen LogP contribution in [0, 0.1) is 0 Å². The highest BCUT2D eigenvalue weighted by atomic mass is 79.9. The number of benzene rings is 1. The molecule has 3 rings (SSSR count). The van der Waals surface area contributed by atoms with E-state index in [0.29, 0.717) is 16.4 Å². The molecule has 1 atom stereocenters. The minimum atomic E-state index is -1.18. The van der Waals surface area contributed by atoms with Gasteiger partial charge in [-0.1, -0.05) is 37.3 Å². The minimum Gasteiger partial charge on any atom is -0.319 e. The van der Waals surface area contributed by atoms with Gasteiger partial charge in [-0.2, -0.15) is 5.10 Å². The summed E-state index contributed by atoms with van der Waals surface area (Å²) in [6.45, 7) is 7.90. The molecule has 0 spiro atoms. The number of hydrogen-bond acceptors (Lipinski definition) is 3. The lowest BCUT2D eigenvalue weighted by atomic mass is 10.0. The molecule has 1 amide bonds. The van der Waals surface area contributed by atoms with E-state index in [0.717, 1.165) is 35.7 Å². The lowest BCUT2D eigenvalue weighted by Crippen LogP contribution is -2.40. The number of carbonyl (C=O) groups excluding carboxylic acids is 1. The molecule has 0 saturated carbocycles. The first-order valence-corrected chi connectivity index (χ1v) is 13.7. The van der Waals surface area contributed by atoms with E-state index in [4.69, 9.17) is 11.6 Å². The number of rotatable bonds is 5. The fraction of sp³-hybridized carbons (Fsp3) is 0.444. The fourth-order valence-corrected chi connectivity index (χ4v) is 4.42. The van der Waals surface area contributed by atoms with Crippen molar-refractivity contribution in [2.75, 3.05) is 11.5 Å². The molecule has 0 saturated heterocycles. The Labute approximate surface area is 168 Å². The van der Waals surface area contributed by atoms with Crippen molar-refractivity contribution in [2.45, 2.75) is 45.1 Å². The molecular formula is C18H24BrClN4OSi. The van der Waals surface area contributed by atoms with Gasteiger partial charge in [0.2, 0.25) is 0 Å². The van der Waals surface area contributed by atoms with Crippen LogP contribution in [0.2, 0.25) is 24.7 Å². The summed E-state index contributed by atoms with van der Waals surface area (Å²) in [7, 11) is -1.18. The highest BCUT2D eigenvalue weighted by Crippen LogP contribution is 2.31. The van der Waals surface area contributed by atoms with Crippen LogP contribution in [0.4, 0.5) is 5.69 Å². The number of halogens is 2. The number of amides is 1. The quantitative estimate of drug-likeness (QED) is 0.633. The van der Waals surface area contributed by atoms with Gasteiger partial charge in [0.15, 0.2) is 5.69 Å². The van der Waals surface area contributed by atoms with E-state index < -0.39 is 8.07 Å². The Hall–Kier alpha value is -1.15. The number of hydrogen-bond donors (Lipinski definition) is 2. The normalized spacial score (nSPS) is 17.0. The van der Waals surface area contributed by atoms with Crippen molar-refractivity contribution >= 4 is 47.2 Å². The minimum absolute atomic E-state index is 0.240. The standard InChI is InChI=1S/C18H24BrClN4OSi/c1-26(2,3)11-21-13-8-5-9-24-16(13)10-15(23-24)18(25)22-14-7-4-6-12(19)17(14)20/h4,6-7,10,13,21H,5,8-9,11H2,1-3H3,(H,22,25). The number of aromatic nitrogens is 2. The number of nitrogens with one attached hydrogen (secondary N) is 2. The highest BCUT2D eigenvalue weighted by molar-refractivity contribution is 9.10. The molecule has 5 nitrogen and oxygen atoms in total. The molecule has 1 aliphatic heterocycles. The summed E-state index contributed by atoms with van der Waals surface area (Å²) >= 11 is 9.61. The molecule has 2 heterocycles. The van der Waals surface area contributed by atoms with E-state index in [-0.39, 0.29) is 11.9 Å². The number of anilines is 1. The molecule has 1 aromatic heterocycles. The van der Waals surface area contributed by atoms with E-state index in [1.54, 1.807) is 6.07 Å². The fourth-order valence-electron chi connectivity index (χ4n) is 3.02. The van der Waals surface area contributed by atoms with Crippen molar-refractivity contribution in [2.24, 2.45) is 0 Å². The molecule has 0 fully saturated rings. The number of nitrogens with zero attached hydrogens (tertiary/aromatic N) is 2. The summed E-state index contributed by atoms with van der Waals surface area (Å²) in [6.07, 6.45) is 3.20. The maximum atomic E-state index is 12.6. The highest BCUT2D eigenvalue weighted by Gasteiger charge is 2.26.